The van der Waals surface area contributed by atoms with Gasteiger partial charge in [-0.25, -0.2) is 18.2 Å². The molecule has 36 heavy (non-hydrogen) atoms. The van der Waals surface area contributed by atoms with E-state index in [2.05, 4.69) is 14.6 Å². The lowest BCUT2D eigenvalue weighted by Crippen LogP contribution is -2.48. The quantitative estimate of drug-likeness (QED) is 0.397. The number of aromatic nitrogens is 1. The number of benzene rings is 2. The van der Waals surface area contributed by atoms with Crippen LogP contribution < -0.4 is 14.4 Å². The van der Waals surface area contributed by atoms with Crippen molar-refractivity contribution in [1.29, 1.82) is 0 Å². The number of rotatable bonds is 9. The van der Waals surface area contributed by atoms with Gasteiger partial charge in [-0.3, -0.25) is 0 Å². The number of oxazole rings is 1. The highest BCUT2D eigenvalue weighted by Crippen LogP contribution is 2.34. The lowest BCUT2D eigenvalue weighted by molar-refractivity contribution is -0.142. The van der Waals surface area contributed by atoms with Gasteiger partial charge < -0.3 is 23.5 Å². The number of methoxy groups -OCH3 is 1. The van der Waals surface area contributed by atoms with Gasteiger partial charge in [-0.2, -0.15) is 4.31 Å². The number of anilines is 1. The first-order chi connectivity index (χ1) is 17.3. The van der Waals surface area contributed by atoms with Crippen LogP contribution >= 0.6 is 0 Å². The van der Waals surface area contributed by atoms with Gasteiger partial charge in [0.25, 0.3) is 0 Å². The molecule has 1 aliphatic heterocycles. The van der Waals surface area contributed by atoms with Crippen LogP contribution in [0.25, 0.3) is 11.3 Å². The fraction of sp³-hybridized carbons (Fsp3) is 0.360. The molecule has 192 valence electrons. The van der Waals surface area contributed by atoms with Crippen LogP contribution in [0.1, 0.15) is 13.8 Å². The molecular formula is C25H29N3O7S. The van der Waals surface area contributed by atoms with E-state index in [4.69, 9.17) is 13.9 Å². The molecule has 0 saturated carbocycles. The molecule has 11 heteroatoms. The van der Waals surface area contributed by atoms with Crippen molar-refractivity contribution in [3.05, 3.63) is 55.1 Å². The summed E-state index contributed by atoms with van der Waals surface area (Å²) in [4.78, 5) is 18.1. The van der Waals surface area contributed by atoms with E-state index >= 15 is 0 Å². The highest BCUT2D eigenvalue weighted by molar-refractivity contribution is 7.89. The summed E-state index contributed by atoms with van der Waals surface area (Å²) in [5.41, 5.74) is 2.08. The maximum absolute atomic E-state index is 13.2. The summed E-state index contributed by atoms with van der Waals surface area (Å²) in [5, 5.41) is 0. The zero-order chi connectivity index (χ0) is 25.7. The largest absolute Gasteiger partial charge is 0.491 e. The molecule has 10 nitrogen and oxygen atoms in total. The van der Waals surface area contributed by atoms with Crippen LogP contribution in [0.4, 0.5) is 5.69 Å². The lowest BCUT2D eigenvalue weighted by atomic mass is 10.1. The topological polar surface area (TPSA) is 111 Å². The number of carbonyl (C=O) groups excluding carboxylic acids is 1. The molecule has 0 amide bonds. The second-order valence-corrected chi connectivity index (χ2v) is 10.4. The Kier molecular flexibility index (Phi) is 7.80. The first kappa shape index (κ1) is 25.5. The van der Waals surface area contributed by atoms with Crippen LogP contribution in [0, 0.1) is 0 Å². The number of nitrogens with zero attached hydrogens (tertiary/aromatic N) is 3. The Bertz CT molecular complexity index is 1270. The van der Waals surface area contributed by atoms with E-state index in [1.165, 1.54) is 24.1 Å². The van der Waals surface area contributed by atoms with E-state index in [1.54, 1.807) is 24.3 Å². The Morgan fingerprint density at radius 3 is 2.42 bits per heavy atom. The summed E-state index contributed by atoms with van der Waals surface area (Å²) in [6.45, 7) is 5.23. The van der Waals surface area contributed by atoms with E-state index in [1.807, 2.05) is 32.0 Å². The lowest BCUT2D eigenvalue weighted by Gasteiger charge is -2.35. The zero-order valence-electron chi connectivity index (χ0n) is 20.4. The van der Waals surface area contributed by atoms with E-state index in [0.29, 0.717) is 48.9 Å². The number of sulfonamides is 1. The molecule has 2 aromatic carbocycles. The van der Waals surface area contributed by atoms with Crippen LogP contribution in [-0.2, 0) is 19.6 Å². The Balaban J connectivity index is 1.46. The molecule has 4 rings (SSSR count). The third-order valence-corrected chi connectivity index (χ3v) is 7.60. The molecular weight excluding hydrogens is 486 g/mol. The molecule has 0 unspecified atom stereocenters. The first-order valence-electron chi connectivity index (χ1n) is 11.5. The van der Waals surface area contributed by atoms with Crippen molar-refractivity contribution in [3.63, 3.8) is 0 Å². The summed E-state index contributed by atoms with van der Waals surface area (Å²) in [6, 6.07) is 12.1. The summed E-state index contributed by atoms with van der Waals surface area (Å²) in [6.07, 6.45) is 2.82. The third kappa shape index (κ3) is 5.80. The predicted molar refractivity (Wildman–Crippen MR) is 133 cm³/mol. The van der Waals surface area contributed by atoms with Gasteiger partial charge >= 0.3 is 5.97 Å². The molecule has 0 atom stereocenters. The van der Waals surface area contributed by atoms with Crippen LogP contribution in [0.15, 0.2) is 64.4 Å². The fourth-order valence-electron chi connectivity index (χ4n) is 3.88. The summed E-state index contributed by atoms with van der Waals surface area (Å²) >= 11 is 0. The Morgan fingerprint density at radius 1 is 1.08 bits per heavy atom. The number of hydrogen-bond donors (Lipinski definition) is 0. The molecule has 1 saturated heterocycles. The van der Waals surface area contributed by atoms with Crippen LogP contribution in [0.3, 0.4) is 0 Å². The summed E-state index contributed by atoms with van der Waals surface area (Å²) in [5.74, 6) is 0.577. The third-order valence-electron chi connectivity index (χ3n) is 5.68. The van der Waals surface area contributed by atoms with Gasteiger partial charge in [0.2, 0.25) is 10.0 Å². The van der Waals surface area contributed by atoms with E-state index in [-0.39, 0.29) is 17.6 Å². The first-order valence-corrected chi connectivity index (χ1v) is 13.0. The van der Waals surface area contributed by atoms with Crippen molar-refractivity contribution >= 4 is 21.7 Å². The summed E-state index contributed by atoms with van der Waals surface area (Å²) < 4.78 is 48.9. The van der Waals surface area contributed by atoms with Crippen LogP contribution in [0.2, 0.25) is 0 Å². The van der Waals surface area contributed by atoms with Crippen molar-refractivity contribution in [2.75, 3.05) is 44.8 Å². The molecule has 0 N–H and O–H groups in total. The standard InChI is InChI=1S/C25H29N3O7S/c1-18(2)35-20-5-7-21(8-6-20)36(30,31)28-12-10-27(11-13-28)19-4-9-22(23-15-33-17-26-23)24(14-19)34-16-25(29)32-3/h4-9,14-15,17-18H,10-13,16H2,1-3H3. The number of piperazine rings is 1. The molecule has 0 bridgehead atoms. The highest BCUT2D eigenvalue weighted by atomic mass is 32.2. The smallest absolute Gasteiger partial charge is 0.343 e. The van der Waals surface area contributed by atoms with Crippen LogP contribution in [-0.4, -0.2) is 69.7 Å². The Labute approximate surface area is 210 Å². The SMILES string of the molecule is COC(=O)COc1cc(N2CCN(S(=O)(=O)c3ccc(OC(C)C)cc3)CC2)ccc1-c1cocn1. The Hall–Kier alpha value is -3.57. The van der Waals surface area contributed by atoms with Gasteiger partial charge in [0, 0.05) is 43.5 Å². The van der Waals surface area contributed by atoms with Crippen LogP contribution in [0.5, 0.6) is 11.5 Å². The van der Waals surface area contributed by atoms with E-state index < -0.39 is 16.0 Å². The van der Waals surface area contributed by atoms with Gasteiger partial charge in [0.15, 0.2) is 13.0 Å². The minimum Gasteiger partial charge on any atom is -0.491 e. The molecule has 0 radical (unpaired) electrons. The monoisotopic (exact) mass is 515 g/mol. The van der Waals surface area contributed by atoms with Gasteiger partial charge in [0.05, 0.1) is 18.1 Å². The zero-order valence-corrected chi connectivity index (χ0v) is 21.2. The van der Waals surface area contributed by atoms with Crippen molar-refractivity contribution in [1.82, 2.24) is 9.29 Å². The Morgan fingerprint density at radius 2 is 1.81 bits per heavy atom. The molecule has 2 heterocycles. The molecule has 0 aliphatic carbocycles. The van der Waals surface area contributed by atoms with Gasteiger partial charge in [-0.05, 0) is 50.2 Å². The molecule has 1 fully saturated rings. The number of ether oxygens (including phenoxy) is 3. The summed E-state index contributed by atoms with van der Waals surface area (Å²) in [7, 11) is -2.33. The van der Waals surface area contributed by atoms with Gasteiger partial charge in [-0.15, -0.1) is 0 Å². The average molecular weight is 516 g/mol. The second kappa shape index (κ2) is 11.0. The van der Waals surface area contributed by atoms with Crippen molar-refractivity contribution < 1.29 is 31.8 Å². The maximum atomic E-state index is 13.2. The van der Waals surface area contributed by atoms with E-state index in [9.17, 15) is 13.2 Å². The van der Waals surface area contributed by atoms with Crippen molar-refractivity contribution in [2.24, 2.45) is 0 Å². The molecule has 3 aromatic rings. The minimum atomic E-state index is -3.62. The number of carbonyl (C=O) groups is 1. The van der Waals surface area contributed by atoms with Gasteiger partial charge in [0.1, 0.15) is 23.5 Å². The van der Waals surface area contributed by atoms with Gasteiger partial charge in [-0.1, -0.05) is 0 Å². The van der Waals surface area contributed by atoms with Crippen molar-refractivity contribution in [3.8, 4) is 22.8 Å². The highest BCUT2D eigenvalue weighted by Gasteiger charge is 2.29. The minimum absolute atomic E-state index is 0.0110. The normalized spacial score (nSPS) is 14.6. The molecule has 0 spiro atoms. The number of hydrogen-bond acceptors (Lipinski definition) is 9. The predicted octanol–water partition coefficient (Wildman–Crippen LogP) is 3.19. The van der Waals surface area contributed by atoms with E-state index in [0.717, 1.165) is 5.69 Å². The molecule has 1 aromatic heterocycles. The maximum Gasteiger partial charge on any atom is 0.343 e. The molecule has 1 aliphatic rings. The average Bonchev–Trinajstić information content (AvgIpc) is 3.42. The fourth-order valence-corrected chi connectivity index (χ4v) is 5.30. The van der Waals surface area contributed by atoms with Crippen molar-refractivity contribution in [2.45, 2.75) is 24.8 Å². The second-order valence-electron chi connectivity index (χ2n) is 8.45. The number of esters is 1.